The highest BCUT2D eigenvalue weighted by Crippen LogP contribution is 2.25. The Morgan fingerprint density at radius 1 is 1.42 bits per heavy atom. The third-order valence-corrected chi connectivity index (χ3v) is 5.99. The summed E-state index contributed by atoms with van der Waals surface area (Å²) >= 11 is 0. The van der Waals surface area contributed by atoms with E-state index in [2.05, 4.69) is 15.4 Å². The molecule has 3 heterocycles. The number of hydrogen-bond donors (Lipinski definition) is 1. The lowest BCUT2D eigenvalue weighted by atomic mass is 10.2. The third kappa shape index (κ3) is 3.64. The zero-order valence-corrected chi connectivity index (χ0v) is 14.3. The molecule has 1 aliphatic rings. The molecule has 1 atom stereocenters. The van der Waals surface area contributed by atoms with Gasteiger partial charge < -0.3 is 5.32 Å². The van der Waals surface area contributed by atoms with Gasteiger partial charge in [-0.1, -0.05) is 6.07 Å². The van der Waals surface area contributed by atoms with E-state index >= 15 is 0 Å². The highest BCUT2D eigenvalue weighted by Gasteiger charge is 2.31. The molecule has 7 nitrogen and oxygen atoms in total. The number of pyridine rings is 1. The minimum absolute atomic E-state index is 0.0935. The van der Waals surface area contributed by atoms with E-state index in [0.717, 1.165) is 5.69 Å². The Balaban J connectivity index is 1.62. The number of aromatic nitrogens is 3. The SMILES string of the molecule is Cc1c(C(=O)NCCc2ccccn2)cnn1[C@H]1CCS(=O)(=O)C1. The minimum Gasteiger partial charge on any atom is -0.352 e. The number of nitrogens with zero attached hydrogens (tertiary/aromatic N) is 3. The van der Waals surface area contributed by atoms with E-state index in [1.807, 2.05) is 18.2 Å². The monoisotopic (exact) mass is 348 g/mol. The van der Waals surface area contributed by atoms with Crippen LogP contribution in [0.15, 0.2) is 30.6 Å². The number of carbonyl (C=O) groups excluding carboxylic acids is 1. The summed E-state index contributed by atoms with van der Waals surface area (Å²) in [5, 5.41) is 7.09. The van der Waals surface area contributed by atoms with Gasteiger partial charge in [0.2, 0.25) is 0 Å². The van der Waals surface area contributed by atoms with E-state index in [-0.39, 0.29) is 23.5 Å². The van der Waals surface area contributed by atoms with Crippen LogP contribution in [0.25, 0.3) is 0 Å². The predicted octanol–water partition coefficient (Wildman–Crippen LogP) is 0.919. The Hall–Kier alpha value is -2.22. The summed E-state index contributed by atoms with van der Waals surface area (Å²) in [6, 6.07) is 5.50. The van der Waals surface area contributed by atoms with E-state index in [9.17, 15) is 13.2 Å². The molecule has 24 heavy (non-hydrogen) atoms. The average Bonchev–Trinajstić information content (AvgIpc) is 3.10. The highest BCUT2D eigenvalue weighted by molar-refractivity contribution is 7.91. The van der Waals surface area contributed by atoms with Crippen LogP contribution < -0.4 is 5.32 Å². The smallest absolute Gasteiger partial charge is 0.254 e. The van der Waals surface area contributed by atoms with E-state index in [1.54, 1.807) is 17.8 Å². The van der Waals surface area contributed by atoms with Crippen molar-refractivity contribution in [3.8, 4) is 0 Å². The largest absolute Gasteiger partial charge is 0.352 e. The second kappa shape index (κ2) is 6.72. The van der Waals surface area contributed by atoms with Crippen LogP contribution in [-0.2, 0) is 16.3 Å². The minimum atomic E-state index is -2.98. The van der Waals surface area contributed by atoms with E-state index in [1.165, 1.54) is 6.20 Å². The van der Waals surface area contributed by atoms with Gasteiger partial charge in [-0.2, -0.15) is 5.10 Å². The number of carbonyl (C=O) groups is 1. The molecule has 2 aromatic heterocycles. The van der Waals surface area contributed by atoms with Gasteiger partial charge in [0, 0.05) is 30.6 Å². The summed E-state index contributed by atoms with van der Waals surface area (Å²) in [6.07, 6.45) is 4.43. The van der Waals surface area contributed by atoms with Crippen LogP contribution in [0.3, 0.4) is 0 Å². The fourth-order valence-electron chi connectivity index (χ4n) is 2.93. The van der Waals surface area contributed by atoms with Crippen molar-refractivity contribution in [2.45, 2.75) is 25.8 Å². The molecule has 3 rings (SSSR count). The summed E-state index contributed by atoms with van der Waals surface area (Å²) in [5.41, 5.74) is 2.11. The van der Waals surface area contributed by atoms with Crippen LogP contribution in [0.1, 0.15) is 34.2 Å². The zero-order valence-electron chi connectivity index (χ0n) is 13.5. The molecule has 8 heteroatoms. The van der Waals surface area contributed by atoms with Gasteiger partial charge >= 0.3 is 0 Å². The molecule has 1 amide bonds. The summed E-state index contributed by atoms with van der Waals surface area (Å²) in [6.45, 7) is 2.28. The molecule has 0 aliphatic carbocycles. The normalized spacial score (nSPS) is 19.3. The lowest BCUT2D eigenvalue weighted by molar-refractivity contribution is 0.0953. The van der Waals surface area contributed by atoms with Crippen LogP contribution in [-0.4, -0.2) is 47.1 Å². The Morgan fingerprint density at radius 3 is 2.92 bits per heavy atom. The number of sulfone groups is 1. The first-order valence-corrected chi connectivity index (χ1v) is 9.71. The van der Waals surface area contributed by atoms with Gasteiger partial charge in [0.15, 0.2) is 9.84 Å². The van der Waals surface area contributed by atoms with Crippen LogP contribution in [0.2, 0.25) is 0 Å². The molecule has 2 aromatic rings. The van der Waals surface area contributed by atoms with Crippen LogP contribution in [0.5, 0.6) is 0 Å². The molecule has 1 fully saturated rings. The molecule has 0 unspecified atom stereocenters. The van der Waals surface area contributed by atoms with Crippen molar-refractivity contribution in [2.24, 2.45) is 0 Å². The topological polar surface area (TPSA) is 93.9 Å². The number of amides is 1. The molecular weight excluding hydrogens is 328 g/mol. The van der Waals surface area contributed by atoms with Crippen molar-refractivity contribution in [3.05, 3.63) is 47.5 Å². The summed E-state index contributed by atoms with van der Waals surface area (Å²) in [5.74, 6) is 0.0780. The molecule has 1 aliphatic heterocycles. The van der Waals surface area contributed by atoms with Crippen molar-refractivity contribution in [1.29, 1.82) is 0 Å². The van der Waals surface area contributed by atoms with Gasteiger partial charge in [-0.15, -0.1) is 0 Å². The van der Waals surface area contributed by atoms with Crippen molar-refractivity contribution in [3.63, 3.8) is 0 Å². The van der Waals surface area contributed by atoms with E-state index < -0.39 is 9.84 Å². The van der Waals surface area contributed by atoms with Crippen molar-refractivity contribution < 1.29 is 13.2 Å². The van der Waals surface area contributed by atoms with Crippen molar-refractivity contribution >= 4 is 15.7 Å². The maximum atomic E-state index is 12.3. The van der Waals surface area contributed by atoms with Crippen molar-refractivity contribution in [1.82, 2.24) is 20.1 Å². The first-order valence-electron chi connectivity index (χ1n) is 7.89. The first-order chi connectivity index (χ1) is 11.5. The molecule has 0 spiro atoms. The van der Waals surface area contributed by atoms with Crippen LogP contribution >= 0.6 is 0 Å². The molecule has 1 N–H and O–H groups in total. The number of hydrogen-bond acceptors (Lipinski definition) is 5. The summed E-state index contributed by atoms with van der Waals surface area (Å²) in [7, 11) is -2.98. The van der Waals surface area contributed by atoms with Crippen LogP contribution in [0, 0.1) is 6.92 Å². The van der Waals surface area contributed by atoms with E-state index in [4.69, 9.17) is 0 Å². The summed E-state index contributed by atoms with van der Waals surface area (Å²) in [4.78, 5) is 16.5. The Morgan fingerprint density at radius 2 is 2.25 bits per heavy atom. The lowest BCUT2D eigenvalue weighted by Crippen LogP contribution is -2.26. The van der Waals surface area contributed by atoms with Crippen molar-refractivity contribution in [2.75, 3.05) is 18.1 Å². The van der Waals surface area contributed by atoms with Gasteiger partial charge in [-0.25, -0.2) is 8.42 Å². The Kier molecular flexibility index (Phi) is 4.66. The molecule has 0 saturated carbocycles. The average molecular weight is 348 g/mol. The summed E-state index contributed by atoms with van der Waals surface area (Å²) < 4.78 is 24.9. The van der Waals surface area contributed by atoms with Gasteiger partial charge in [-0.05, 0) is 25.5 Å². The quantitative estimate of drug-likeness (QED) is 0.867. The molecular formula is C16H20N4O3S. The van der Waals surface area contributed by atoms with Gasteiger partial charge in [0.1, 0.15) is 0 Å². The van der Waals surface area contributed by atoms with Gasteiger partial charge in [-0.3, -0.25) is 14.5 Å². The fraction of sp³-hybridized carbons (Fsp3) is 0.438. The van der Waals surface area contributed by atoms with Gasteiger partial charge in [0.05, 0.1) is 29.3 Å². The maximum absolute atomic E-state index is 12.3. The maximum Gasteiger partial charge on any atom is 0.254 e. The number of rotatable bonds is 5. The first kappa shape index (κ1) is 16.6. The lowest BCUT2D eigenvalue weighted by Gasteiger charge is -2.11. The third-order valence-electron chi connectivity index (χ3n) is 4.24. The fourth-order valence-corrected chi connectivity index (χ4v) is 4.62. The molecule has 128 valence electrons. The molecule has 0 radical (unpaired) electrons. The zero-order chi connectivity index (χ0) is 17.2. The number of nitrogens with one attached hydrogen (secondary N) is 1. The van der Waals surface area contributed by atoms with E-state index in [0.29, 0.717) is 30.6 Å². The predicted molar refractivity (Wildman–Crippen MR) is 89.5 cm³/mol. The standard InChI is InChI=1S/C16H20N4O3S/c1-12-15(10-19-20(12)14-6-9-24(22,23)11-14)16(21)18-8-5-13-4-2-3-7-17-13/h2-4,7,10,14H,5-6,8-9,11H2,1H3,(H,18,21)/t14-/m0/s1. The Labute approximate surface area is 141 Å². The highest BCUT2D eigenvalue weighted by atomic mass is 32.2. The Bertz CT molecular complexity index is 830. The van der Waals surface area contributed by atoms with Gasteiger partial charge in [0.25, 0.3) is 5.91 Å². The molecule has 0 bridgehead atoms. The van der Waals surface area contributed by atoms with Crippen LogP contribution in [0.4, 0.5) is 0 Å². The second-order valence-corrected chi connectivity index (χ2v) is 8.20. The molecule has 1 saturated heterocycles. The second-order valence-electron chi connectivity index (χ2n) is 5.97. The molecule has 0 aromatic carbocycles.